The van der Waals surface area contributed by atoms with E-state index in [1.54, 1.807) is 18.2 Å². The second-order valence-corrected chi connectivity index (χ2v) is 6.98. The molecule has 4 N–H and O–H groups in total. The van der Waals surface area contributed by atoms with Crippen LogP contribution in [0.4, 0.5) is 11.4 Å². The Hall–Kier alpha value is -3.80. The number of anilines is 2. The van der Waals surface area contributed by atoms with Crippen molar-refractivity contribution in [2.24, 2.45) is 0 Å². The molecular formula is C24H25N3O3. The van der Waals surface area contributed by atoms with E-state index >= 15 is 0 Å². The Labute approximate surface area is 176 Å². The molecule has 2 amide bonds. The molecule has 0 aliphatic rings. The second-order valence-electron chi connectivity index (χ2n) is 6.98. The minimum atomic E-state index is -0.263. The molecule has 0 saturated heterocycles. The van der Waals surface area contributed by atoms with Crippen LogP contribution in [0.25, 0.3) is 0 Å². The molecule has 0 radical (unpaired) electrons. The van der Waals surface area contributed by atoms with Gasteiger partial charge in [-0.15, -0.1) is 0 Å². The highest BCUT2D eigenvalue weighted by molar-refractivity contribution is 6.00. The fourth-order valence-corrected chi connectivity index (χ4v) is 2.98. The summed E-state index contributed by atoms with van der Waals surface area (Å²) in [6.45, 7) is 4.67. The van der Waals surface area contributed by atoms with Gasteiger partial charge in [0.05, 0.1) is 11.3 Å². The molecule has 0 aliphatic heterocycles. The van der Waals surface area contributed by atoms with Gasteiger partial charge in [-0.2, -0.15) is 0 Å². The van der Waals surface area contributed by atoms with Gasteiger partial charge < -0.3 is 21.1 Å². The SMILES string of the molecule is Cc1cccc(Nc2ccccc2C(=O)NCCNC(=O)c2ccc(O)cc2)c1C. The van der Waals surface area contributed by atoms with Crippen molar-refractivity contribution in [1.29, 1.82) is 0 Å². The van der Waals surface area contributed by atoms with Gasteiger partial charge in [0.15, 0.2) is 0 Å². The third-order valence-corrected chi connectivity index (χ3v) is 4.87. The van der Waals surface area contributed by atoms with Crippen LogP contribution in [-0.4, -0.2) is 30.0 Å². The highest BCUT2D eigenvalue weighted by Crippen LogP contribution is 2.25. The Morgan fingerprint density at radius 3 is 2.13 bits per heavy atom. The molecule has 154 valence electrons. The normalized spacial score (nSPS) is 10.3. The van der Waals surface area contributed by atoms with Gasteiger partial charge in [-0.25, -0.2) is 0 Å². The molecule has 0 bridgehead atoms. The lowest BCUT2D eigenvalue weighted by Crippen LogP contribution is -2.34. The molecule has 0 atom stereocenters. The van der Waals surface area contributed by atoms with E-state index in [9.17, 15) is 14.7 Å². The van der Waals surface area contributed by atoms with Crippen LogP contribution >= 0.6 is 0 Å². The number of carbonyl (C=O) groups is 2. The Morgan fingerprint density at radius 1 is 0.767 bits per heavy atom. The van der Waals surface area contributed by atoms with Crippen LogP contribution < -0.4 is 16.0 Å². The van der Waals surface area contributed by atoms with Gasteiger partial charge >= 0.3 is 0 Å². The third-order valence-electron chi connectivity index (χ3n) is 4.87. The lowest BCUT2D eigenvalue weighted by molar-refractivity contribution is 0.0928. The molecule has 0 spiro atoms. The van der Waals surface area contributed by atoms with E-state index in [0.29, 0.717) is 17.7 Å². The first kappa shape index (κ1) is 20.9. The Balaban J connectivity index is 1.57. The maximum Gasteiger partial charge on any atom is 0.253 e. The van der Waals surface area contributed by atoms with Crippen LogP contribution in [0.5, 0.6) is 5.75 Å². The van der Waals surface area contributed by atoms with Crippen LogP contribution in [0.3, 0.4) is 0 Å². The first-order valence-corrected chi connectivity index (χ1v) is 9.73. The van der Waals surface area contributed by atoms with Crippen molar-refractivity contribution in [2.45, 2.75) is 13.8 Å². The van der Waals surface area contributed by atoms with Gasteiger partial charge in [0.1, 0.15) is 5.75 Å². The summed E-state index contributed by atoms with van der Waals surface area (Å²) in [6, 6.07) is 19.3. The number of aryl methyl sites for hydroxylation is 1. The number of benzene rings is 3. The first-order valence-electron chi connectivity index (χ1n) is 9.73. The summed E-state index contributed by atoms with van der Waals surface area (Å²) in [7, 11) is 0. The predicted molar refractivity (Wildman–Crippen MR) is 118 cm³/mol. The van der Waals surface area contributed by atoms with Crippen LogP contribution in [0.1, 0.15) is 31.8 Å². The Kier molecular flexibility index (Phi) is 6.70. The van der Waals surface area contributed by atoms with Crippen LogP contribution in [-0.2, 0) is 0 Å². The van der Waals surface area contributed by atoms with E-state index in [1.807, 2.05) is 50.2 Å². The summed E-state index contributed by atoms with van der Waals surface area (Å²) in [4.78, 5) is 24.7. The van der Waals surface area contributed by atoms with Gasteiger partial charge in [-0.1, -0.05) is 24.3 Å². The molecule has 3 aromatic carbocycles. The molecule has 6 nitrogen and oxygen atoms in total. The molecule has 3 aromatic rings. The molecular weight excluding hydrogens is 378 g/mol. The van der Waals surface area contributed by atoms with Crippen molar-refractivity contribution in [3.63, 3.8) is 0 Å². The summed E-state index contributed by atoms with van der Waals surface area (Å²) >= 11 is 0. The number of nitrogens with one attached hydrogen (secondary N) is 3. The Morgan fingerprint density at radius 2 is 1.40 bits per heavy atom. The molecule has 0 aromatic heterocycles. The summed E-state index contributed by atoms with van der Waals surface area (Å²) in [5, 5.41) is 18.2. The average molecular weight is 403 g/mol. The van der Waals surface area contributed by atoms with Crippen molar-refractivity contribution in [2.75, 3.05) is 18.4 Å². The monoisotopic (exact) mass is 403 g/mol. The topological polar surface area (TPSA) is 90.5 Å². The van der Waals surface area contributed by atoms with Crippen molar-refractivity contribution in [3.8, 4) is 5.75 Å². The van der Waals surface area contributed by atoms with E-state index in [0.717, 1.165) is 16.9 Å². The number of phenols is 1. The van der Waals surface area contributed by atoms with E-state index in [4.69, 9.17) is 0 Å². The largest absolute Gasteiger partial charge is 0.508 e. The van der Waals surface area contributed by atoms with Crippen molar-refractivity contribution >= 4 is 23.2 Å². The third kappa shape index (κ3) is 5.17. The molecule has 0 aliphatic carbocycles. The number of carbonyl (C=O) groups excluding carboxylic acids is 2. The summed E-state index contributed by atoms with van der Waals surface area (Å²) in [5.74, 6) is -0.379. The molecule has 0 heterocycles. The standard InChI is InChI=1S/C24H25N3O3/c1-16-6-5-9-21(17(16)2)27-22-8-4-3-7-20(22)24(30)26-15-14-25-23(29)18-10-12-19(28)13-11-18/h3-13,27-28H,14-15H2,1-2H3,(H,25,29)(H,26,30). The molecule has 3 rings (SSSR count). The highest BCUT2D eigenvalue weighted by Gasteiger charge is 2.12. The lowest BCUT2D eigenvalue weighted by Gasteiger charge is -2.15. The van der Waals surface area contributed by atoms with Crippen molar-refractivity contribution < 1.29 is 14.7 Å². The first-order chi connectivity index (χ1) is 14.5. The van der Waals surface area contributed by atoms with Crippen LogP contribution in [0.15, 0.2) is 66.7 Å². The van der Waals surface area contributed by atoms with Gasteiger partial charge in [0, 0.05) is 24.3 Å². The molecule has 6 heteroatoms. The fourth-order valence-electron chi connectivity index (χ4n) is 2.98. The van der Waals surface area contributed by atoms with Crippen molar-refractivity contribution in [3.05, 3.63) is 89.0 Å². The maximum absolute atomic E-state index is 12.7. The lowest BCUT2D eigenvalue weighted by atomic mass is 10.1. The number of amides is 2. The number of para-hydroxylation sites is 1. The zero-order valence-electron chi connectivity index (χ0n) is 17.0. The maximum atomic E-state index is 12.7. The van der Waals surface area contributed by atoms with Crippen LogP contribution in [0.2, 0.25) is 0 Å². The Bertz CT molecular complexity index is 1050. The molecule has 0 saturated carbocycles. The molecule has 30 heavy (non-hydrogen) atoms. The van der Waals surface area contributed by atoms with E-state index in [1.165, 1.54) is 17.7 Å². The summed E-state index contributed by atoms with van der Waals surface area (Å²) < 4.78 is 0. The summed E-state index contributed by atoms with van der Waals surface area (Å²) in [5.41, 5.74) is 4.95. The number of hydrogen-bond donors (Lipinski definition) is 4. The van der Waals surface area contributed by atoms with E-state index in [2.05, 4.69) is 16.0 Å². The predicted octanol–water partition coefficient (Wildman–Crippen LogP) is 3.91. The highest BCUT2D eigenvalue weighted by atomic mass is 16.3. The summed E-state index contributed by atoms with van der Waals surface area (Å²) in [6.07, 6.45) is 0. The number of rotatable bonds is 7. The van der Waals surface area contributed by atoms with Crippen LogP contribution in [0, 0.1) is 13.8 Å². The van der Waals surface area contributed by atoms with Gasteiger partial charge in [0.2, 0.25) is 0 Å². The van der Waals surface area contributed by atoms with E-state index < -0.39 is 0 Å². The second kappa shape index (κ2) is 9.60. The fraction of sp³-hybridized carbons (Fsp3) is 0.167. The quantitative estimate of drug-likeness (QED) is 0.450. The van der Waals surface area contributed by atoms with Crippen molar-refractivity contribution in [1.82, 2.24) is 10.6 Å². The zero-order valence-corrected chi connectivity index (χ0v) is 17.0. The van der Waals surface area contributed by atoms with Gasteiger partial charge in [-0.3, -0.25) is 9.59 Å². The van der Waals surface area contributed by atoms with Gasteiger partial charge in [-0.05, 0) is 67.4 Å². The number of aromatic hydroxyl groups is 1. The minimum absolute atomic E-state index is 0.104. The van der Waals surface area contributed by atoms with Gasteiger partial charge in [0.25, 0.3) is 11.8 Å². The zero-order chi connectivity index (χ0) is 21.5. The number of hydrogen-bond acceptors (Lipinski definition) is 4. The number of phenolic OH excluding ortho intramolecular Hbond substituents is 1. The smallest absolute Gasteiger partial charge is 0.253 e. The molecule has 0 fully saturated rings. The van der Waals surface area contributed by atoms with E-state index in [-0.39, 0.29) is 24.1 Å². The molecule has 0 unspecified atom stereocenters. The average Bonchev–Trinajstić information content (AvgIpc) is 2.75. The minimum Gasteiger partial charge on any atom is -0.508 e.